The summed E-state index contributed by atoms with van der Waals surface area (Å²) in [4.78, 5) is 0. The van der Waals surface area contributed by atoms with Gasteiger partial charge in [-0.15, -0.1) is 0 Å². The minimum atomic E-state index is -0.455. The summed E-state index contributed by atoms with van der Waals surface area (Å²) in [7, 11) is 0. The number of hydrogen-bond donors (Lipinski definition) is 0. The van der Waals surface area contributed by atoms with E-state index in [1.54, 1.807) is 0 Å². The van der Waals surface area contributed by atoms with Crippen LogP contribution in [0.1, 0.15) is 0 Å². The highest BCUT2D eigenvalue weighted by molar-refractivity contribution is 5.88. The summed E-state index contributed by atoms with van der Waals surface area (Å²) in [5.74, 6) is 0.751. The summed E-state index contributed by atoms with van der Waals surface area (Å²) in [5, 5.41) is 2.15. The number of benzene rings is 2. The topological polar surface area (TPSA) is 9.23 Å². The maximum absolute atomic E-state index is 12.0. The summed E-state index contributed by atoms with van der Waals surface area (Å²) in [6, 6.07) is 13.7. The van der Waals surface area contributed by atoms with Gasteiger partial charge in [-0.25, -0.2) is 4.39 Å². The van der Waals surface area contributed by atoms with Crippen LogP contribution >= 0.6 is 0 Å². The van der Waals surface area contributed by atoms with E-state index < -0.39 is 6.67 Å². The van der Waals surface area contributed by atoms with Gasteiger partial charge in [-0.3, -0.25) is 0 Å². The second-order valence-corrected chi connectivity index (χ2v) is 3.01. The second kappa shape index (κ2) is 4.09. The second-order valence-electron chi connectivity index (χ2n) is 3.01. The zero-order valence-corrected chi connectivity index (χ0v) is 7.74. The van der Waals surface area contributed by atoms with Crippen molar-refractivity contribution >= 4 is 10.8 Å². The molecule has 0 bridgehead atoms. The fraction of sp³-hybridized carbons (Fsp3) is 0.167. The molecule has 0 atom stereocenters. The quantitative estimate of drug-likeness (QED) is 0.722. The Hall–Kier alpha value is -1.57. The van der Waals surface area contributed by atoms with Crippen molar-refractivity contribution in [1.82, 2.24) is 0 Å². The van der Waals surface area contributed by atoms with Crippen LogP contribution in [0.5, 0.6) is 5.75 Å². The molecule has 2 aromatic rings. The van der Waals surface area contributed by atoms with E-state index >= 15 is 0 Å². The molecule has 14 heavy (non-hydrogen) atoms. The lowest BCUT2D eigenvalue weighted by atomic mass is 10.1. The Balaban J connectivity index is 2.43. The van der Waals surface area contributed by atoms with Crippen LogP contribution in [0, 0.1) is 0 Å². The lowest BCUT2D eigenvalue weighted by Gasteiger charge is -2.06. The first kappa shape index (κ1) is 9.00. The van der Waals surface area contributed by atoms with E-state index in [0.717, 1.165) is 16.5 Å². The molecule has 0 unspecified atom stereocenters. The van der Waals surface area contributed by atoms with Gasteiger partial charge in [-0.2, -0.15) is 0 Å². The molecule has 0 heterocycles. The van der Waals surface area contributed by atoms with Crippen LogP contribution in [-0.2, 0) is 0 Å². The monoisotopic (exact) mass is 190 g/mol. The van der Waals surface area contributed by atoms with Gasteiger partial charge in [0.05, 0.1) is 0 Å². The zero-order valence-electron chi connectivity index (χ0n) is 7.74. The van der Waals surface area contributed by atoms with Crippen LogP contribution in [0.3, 0.4) is 0 Å². The van der Waals surface area contributed by atoms with Crippen molar-refractivity contribution in [3.63, 3.8) is 0 Å². The predicted octanol–water partition coefficient (Wildman–Crippen LogP) is 3.19. The van der Waals surface area contributed by atoms with E-state index in [2.05, 4.69) is 0 Å². The van der Waals surface area contributed by atoms with Crippen LogP contribution in [0.2, 0.25) is 0 Å². The Morgan fingerprint density at radius 3 is 2.64 bits per heavy atom. The molecular formula is C12H11FO. The first-order valence-electron chi connectivity index (χ1n) is 4.58. The Kier molecular flexibility index (Phi) is 2.63. The van der Waals surface area contributed by atoms with Crippen LogP contribution in [-0.4, -0.2) is 13.3 Å². The highest BCUT2D eigenvalue weighted by Crippen LogP contribution is 2.24. The lowest BCUT2D eigenvalue weighted by molar-refractivity contribution is 0.276. The van der Waals surface area contributed by atoms with Crippen LogP contribution in [0.4, 0.5) is 4.39 Å². The van der Waals surface area contributed by atoms with Gasteiger partial charge in [0.2, 0.25) is 0 Å². The minimum absolute atomic E-state index is 0.119. The van der Waals surface area contributed by atoms with Crippen LogP contribution in [0.15, 0.2) is 42.5 Å². The fourth-order valence-corrected chi connectivity index (χ4v) is 1.47. The largest absolute Gasteiger partial charge is 0.490 e. The summed E-state index contributed by atoms with van der Waals surface area (Å²) in [6.07, 6.45) is 0. The summed E-state index contributed by atoms with van der Waals surface area (Å²) >= 11 is 0. The van der Waals surface area contributed by atoms with E-state index in [0.29, 0.717) is 0 Å². The molecule has 1 nitrogen and oxygen atoms in total. The van der Waals surface area contributed by atoms with Crippen molar-refractivity contribution in [2.24, 2.45) is 0 Å². The number of ether oxygens (including phenoxy) is 1. The molecule has 0 N–H and O–H groups in total. The zero-order chi connectivity index (χ0) is 9.80. The van der Waals surface area contributed by atoms with Crippen LogP contribution in [0.25, 0.3) is 10.8 Å². The number of rotatable bonds is 3. The van der Waals surface area contributed by atoms with E-state index in [-0.39, 0.29) is 6.61 Å². The first-order valence-corrected chi connectivity index (χ1v) is 4.58. The van der Waals surface area contributed by atoms with Gasteiger partial charge >= 0.3 is 0 Å². The number of fused-ring (bicyclic) bond motifs is 1. The van der Waals surface area contributed by atoms with E-state index in [9.17, 15) is 4.39 Å². The molecule has 0 saturated carbocycles. The molecule has 2 heteroatoms. The van der Waals surface area contributed by atoms with Gasteiger partial charge in [-0.05, 0) is 11.5 Å². The third-order valence-corrected chi connectivity index (χ3v) is 2.08. The molecule has 0 aliphatic heterocycles. The van der Waals surface area contributed by atoms with Crippen molar-refractivity contribution in [1.29, 1.82) is 0 Å². The predicted molar refractivity (Wildman–Crippen MR) is 55.4 cm³/mol. The van der Waals surface area contributed by atoms with Crippen LogP contribution < -0.4 is 4.74 Å². The summed E-state index contributed by atoms with van der Waals surface area (Å²) in [6.45, 7) is -0.336. The molecule has 0 aliphatic carbocycles. The maximum Gasteiger partial charge on any atom is 0.127 e. The molecule has 0 amide bonds. The molecule has 0 radical (unpaired) electrons. The van der Waals surface area contributed by atoms with Gasteiger partial charge in [0.1, 0.15) is 19.0 Å². The smallest absolute Gasteiger partial charge is 0.127 e. The Labute approximate surface area is 82.1 Å². The SMILES string of the molecule is FCCOc1cccc2ccccc12. The highest BCUT2D eigenvalue weighted by Gasteiger charge is 1.99. The Bertz CT molecular complexity index is 420. The Morgan fingerprint density at radius 1 is 1.00 bits per heavy atom. The number of alkyl halides is 1. The molecule has 0 saturated heterocycles. The summed E-state index contributed by atoms with van der Waals surface area (Å²) < 4.78 is 17.2. The van der Waals surface area contributed by atoms with Gasteiger partial charge < -0.3 is 4.74 Å². The standard InChI is InChI=1S/C12H11FO/c13-8-9-14-12-7-3-5-10-4-1-2-6-11(10)12/h1-7H,8-9H2. The summed E-state index contributed by atoms with van der Waals surface area (Å²) in [5.41, 5.74) is 0. The first-order chi connectivity index (χ1) is 6.92. The maximum atomic E-state index is 12.0. The van der Waals surface area contributed by atoms with Gasteiger partial charge in [0.15, 0.2) is 0 Å². The van der Waals surface area contributed by atoms with Crippen molar-refractivity contribution in [2.45, 2.75) is 0 Å². The molecule has 2 rings (SSSR count). The lowest BCUT2D eigenvalue weighted by Crippen LogP contribution is -1.98. The highest BCUT2D eigenvalue weighted by atomic mass is 19.1. The average molecular weight is 190 g/mol. The van der Waals surface area contributed by atoms with Gasteiger partial charge in [0, 0.05) is 5.39 Å². The normalized spacial score (nSPS) is 10.4. The number of halogens is 1. The van der Waals surface area contributed by atoms with Crippen molar-refractivity contribution in [3.05, 3.63) is 42.5 Å². The van der Waals surface area contributed by atoms with Crippen molar-refractivity contribution in [3.8, 4) is 5.75 Å². The molecule has 0 aromatic heterocycles. The molecule has 0 aliphatic rings. The Morgan fingerprint density at radius 2 is 1.79 bits per heavy atom. The van der Waals surface area contributed by atoms with Gasteiger partial charge in [0.25, 0.3) is 0 Å². The van der Waals surface area contributed by atoms with Gasteiger partial charge in [-0.1, -0.05) is 36.4 Å². The third kappa shape index (κ3) is 1.69. The van der Waals surface area contributed by atoms with E-state index in [4.69, 9.17) is 4.74 Å². The van der Waals surface area contributed by atoms with E-state index in [1.807, 2.05) is 42.5 Å². The van der Waals surface area contributed by atoms with Crippen molar-refractivity contribution < 1.29 is 9.13 Å². The minimum Gasteiger partial charge on any atom is -0.490 e. The molecular weight excluding hydrogens is 179 g/mol. The third-order valence-electron chi connectivity index (χ3n) is 2.08. The van der Waals surface area contributed by atoms with E-state index in [1.165, 1.54) is 0 Å². The molecule has 2 aromatic carbocycles. The molecule has 0 spiro atoms. The average Bonchev–Trinajstić information content (AvgIpc) is 2.26. The van der Waals surface area contributed by atoms with Crippen molar-refractivity contribution in [2.75, 3.05) is 13.3 Å². The molecule has 72 valence electrons. The fourth-order valence-electron chi connectivity index (χ4n) is 1.47. The molecule has 0 fully saturated rings. The number of hydrogen-bond acceptors (Lipinski definition) is 1.